The summed E-state index contributed by atoms with van der Waals surface area (Å²) >= 11 is 0. The molecule has 2 rings (SSSR count). The Kier molecular flexibility index (Phi) is 3.17. The van der Waals surface area contributed by atoms with Crippen LogP contribution in [-0.4, -0.2) is 29.7 Å². The summed E-state index contributed by atoms with van der Waals surface area (Å²) in [5.74, 6) is -1.24. The van der Waals surface area contributed by atoms with E-state index in [1.54, 1.807) is 0 Å². The van der Waals surface area contributed by atoms with Crippen molar-refractivity contribution in [2.24, 2.45) is 0 Å². The fourth-order valence-electron chi connectivity index (χ4n) is 1.22. The summed E-state index contributed by atoms with van der Waals surface area (Å²) in [5.41, 5.74) is 0. The van der Waals surface area contributed by atoms with Gasteiger partial charge in [0.15, 0.2) is 0 Å². The lowest BCUT2D eigenvalue weighted by Crippen LogP contribution is -2.22. The molecule has 2 aromatic rings. The zero-order valence-corrected chi connectivity index (χ0v) is 9.77. The number of rotatable bonds is 5. The van der Waals surface area contributed by atoms with Gasteiger partial charge in [-0.1, -0.05) is 0 Å². The average Bonchev–Trinajstić information content (AvgIpc) is 2.98. The number of H-pyrrole nitrogens is 1. The molecule has 0 amide bonds. The van der Waals surface area contributed by atoms with Gasteiger partial charge in [-0.15, -0.1) is 0 Å². The van der Waals surface area contributed by atoms with Gasteiger partial charge in [0.1, 0.15) is 10.7 Å². The number of furan rings is 1. The average molecular weight is 271 g/mol. The van der Waals surface area contributed by atoms with E-state index < -0.39 is 16.0 Å². The fourth-order valence-corrected chi connectivity index (χ4v) is 2.12. The van der Waals surface area contributed by atoms with E-state index in [1.165, 1.54) is 18.3 Å². The Morgan fingerprint density at radius 3 is 2.83 bits per heavy atom. The highest BCUT2D eigenvalue weighted by molar-refractivity contribution is 7.89. The lowest BCUT2D eigenvalue weighted by Gasteiger charge is -2.01. The van der Waals surface area contributed by atoms with Gasteiger partial charge in [-0.25, -0.2) is 17.9 Å². The molecule has 2 heterocycles. The normalized spacial score (nSPS) is 11.6. The van der Waals surface area contributed by atoms with E-state index in [9.17, 15) is 13.2 Å². The molecule has 0 aliphatic heterocycles. The summed E-state index contributed by atoms with van der Waals surface area (Å²) < 4.78 is 30.5. The summed E-state index contributed by atoms with van der Waals surface area (Å²) in [6.45, 7) is -0.138. The predicted octanol–water partition coefficient (Wildman–Crippen LogP) is 0.179. The van der Waals surface area contributed by atoms with Gasteiger partial charge in [0.2, 0.25) is 15.8 Å². The van der Waals surface area contributed by atoms with Crippen molar-refractivity contribution in [2.45, 2.75) is 11.4 Å². The highest BCUT2D eigenvalue weighted by Crippen LogP contribution is 2.10. The molecular weight excluding hydrogens is 262 g/mol. The third-order valence-corrected chi connectivity index (χ3v) is 3.46. The SMILES string of the molecule is O=C(O)c1ccc(CNS(=O)(=O)c2cn[nH]c2)o1. The number of carbonyl (C=O) groups is 1. The van der Waals surface area contributed by atoms with E-state index in [-0.39, 0.29) is 23.0 Å². The van der Waals surface area contributed by atoms with Crippen LogP contribution >= 0.6 is 0 Å². The van der Waals surface area contributed by atoms with Crippen molar-refractivity contribution in [3.8, 4) is 0 Å². The number of sulfonamides is 1. The molecule has 8 nitrogen and oxygen atoms in total. The van der Waals surface area contributed by atoms with Crippen molar-refractivity contribution in [1.29, 1.82) is 0 Å². The summed E-state index contributed by atoms with van der Waals surface area (Å²) in [5, 5.41) is 14.5. The van der Waals surface area contributed by atoms with Crippen LogP contribution in [0, 0.1) is 0 Å². The van der Waals surface area contributed by atoms with Crippen LogP contribution in [-0.2, 0) is 16.6 Å². The van der Waals surface area contributed by atoms with E-state index in [1.807, 2.05) is 0 Å². The maximum Gasteiger partial charge on any atom is 0.371 e. The number of aromatic carboxylic acids is 1. The number of nitrogens with zero attached hydrogens (tertiary/aromatic N) is 1. The molecule has 3 N–H and O–H groups in total. The predicted molar refractivity (Wildman–Crippen MR) is 58.3 cm³/mol. The van der Waals surface area contributed by atoms with Crippen LogP contribution in [0.25, 0.3) is 0 Å². The summed E-state index contributed by atoms with van der Waals surface area (Å²) in [4.78, 5) is 10.6. The van der Waals surface area contributed by atoms with Crippen LogP contribution in [0.5, 0.6) is 0 Å². The highest BCUT2D eigenvalue weighted by Gasteiger charge is 2.16. The minimum Gasteiger partial charge on any atom is -0.475 e. The van der Waals surface area contributed by atoms with Crippen molar-refractivity contribution in [1.82, 2.24) is 14.9 Å². The molecule has 0 bridgehead atoms. The van der Waals surface area contributed by atoms with E-state index in [4.69, 9.17) is 9.52 Å². The molecule has 96 valence electrons. The molecule has 18 heavy (non-hydrogen) atoms. The Morgan fingerprint density at radius 1 is 1.50 bits per heavy atom. The second-order valence-corrected chi connectivity index (χ2v) is 5.10. The molecule has 0 aromatic carbocycles. The minimum atomic E-state index is -3.68. The van der Waals surface area contributed by atoms with E-state index in [0.29, 0.717) is 0 Å². The van der Waals surface area contributed by atoms with Crippen LogP contribution in [0.4, 0.5) is 0 Å². The molecule has 0 radical (unpaired) electrons. The minimum absolute atomic E-state index is 0.00693. The summed E-state index contributed by atoms with van der Waals surface area (Å²) in [7, 11) is -3.68. The van der Waals surface area contributed by atoms with Crippen LogP contribution in [0.2, 0.25) is 0 Å². The van der Waals surface area contributed by atoms with Crippen molar-refractivity contribution < 1.29 is 22.7 Å². The third-order valence-electron chi connectivity index (χ3n) is 2.09. The molecular formula is C9H9N3O5S. The quantitative estimate of drug-likeness (QED) is 0.712. The molecule has 0 aliphatic carbocycles. The monoisotopic (exact) mass is 271 g/mol. The van der Waals surface area contributed by atoms with Crippen molar-refractivity contribution in [2.75, 3.05) is 0 Å². The molecule has 0 saturated heterocycles. The van der Waals surface area contributed by atoms with E-state index >= 15 is 0 Å². The first kappa shape index (κ1) is 12.3. The van der Waals surface area contributed by atoms with Gasteiger partial charge in [0, 0.05) is 6.20 Å². The zero-order valence-electron chi connectivity index (χ0n) is 8.95. The number of aromatic amines is 1. The van der Waals surface area contributed by atoms with E-state index in [2.05, 4.69) is 14.9 Å². The molecule has 0 spiro atoms. The first-order valence-electron chi connectivity index (χ1n) is 4.79. The number of carboxylic acid groups (broad SMARTS) is 1. The van der Waals surface area contributed by atoms with Crippen molar-refractivity contribution in [3.05, 3.63) is 36.0 Å². The molecule has 0 fully saturated rings. The van der Waals surface area contributed by atoms with E-state index in [0.717, 1.165) is 6.20 Å². The first-order chi connectivity index (χ1) is 8.49. The Labute approximate surface area is 102 Å². The second kappa shape index (κ2) is 4.63. The van der Waals surface area contributed by atoms with Gasteiger partial charge in [0.05, 0.1) is 12.7 Å². The van der Waals surface area contributed by atoms with Crippen molar-refractivity contribution in [3.63, 3.8) is 0 Å². The van der Waals surface area contributed by atoms with Crippen LogP contribution in [0.1, 0.15) is 16.3 Å². The topological polar surface area (TPSA) is 125 Å². The summed E-state index contributed by atoms with van der Waals surface area (Å²) in [6.07, 6.45) is 2.39. The molecule has 2 aromatic heterocycles. The maximum atomic E-state index is 11.7. The summed E-state index contributed by atoms with van der Waals surface area (Å²) in [6, 6.07) is 2.64. The van der Waals surface area contributed by atoms with Crippen LogP contribution in [0.3, 0.4) is 0 Å². The third kappa shape index (κ3) is 2.57. The standard InChI is InChI=1S/C9H9N3O5S/c13-9(14)8-2-1-6(17-8)3-12-18(15,16)7-4-10-11-5-7/h1-2,4-5,12H,3H2,(H,10,11)(H,13,14). The largest absolute Gasteiger partial charge is 0.475 e. The lowest BCUT2D eigenvalue weighted by molar-refractivity contribution is 0.0660. The Morgan fingerprint density at radius 2 is 2.28 bits per heavy atom. The fraction of sp³-hybridized carbons (Fsp3) is 0.111. The smallest absolute Gasteiger partial charge is 0.371 e. The second-order valence-electron chi connectivity index (χ2n) is 3.33. The van der Waals surface area contributed by atoms with Crippen LogP contribution in [0.15, 0.2) is 33.8 Å². The van der Waals surface area contributed by atoms with Gasteiger partial charge in [0.25, 0.3) is 0 Å². The first-order valence-corrected chi connectivity index (χ1v) is 6.28. The van der Waals surface area contributed by atoms with Crippen LogP contribution < -0.4 is 4.72 Å². The maximum absolute atomic E-state index is 11.7. The Bertz CT molecular complexity index is 644. The number of nitrogens with one attached hydrogen (secondary N) is 2. The molecule has 0 atom stereocenters. The molecule has 0 saturated carbocycles. The zero-order chi connectivity index (χ0) is 13.2. The Hall–Kier alpha value is -2.13. The number of hydrogen-bond acceptors (Lipinski definition) is 5. The van der Waals surface area contributed by atoms with Crippen molar-refractivity contribution >= 4 is 16.0 Å². The van der Waals surface area contributed by atoms with Gasteiger partial charge in [-0.2, -0.15) is 5.10 Å². The van der Waals surface area contributed by atoms with Gasteiger partial charge in [-0.3, -0.25) is 5.10 Å². The number of carboxylic acids is 1. The Balaban J connectivity index is 2.05. The van der Waals surface area contributed by atoms with Gasteiger partial charge >= 0.3 is 5.97 Å². The van der Waals surface area contributed by atoms with Gasteiger partial charge in [-0.05, 0) is 12.1 Å². The molecule has 9 heteroatoms. The number of aromatic nitrogens is 2. The van der Waals surface area contributed by atoms with Gasteiger partial charge < -0.3 is 9.52 Å². The number of hydrogen-bond donors (Lipinski definition) is 3. The molecule has 0 unspecified atom stereocenters. The molecule has 0 aliphatic rings. The lowest BCUT2D eigenvalue weighted by atomic mass is 10.4. The highest BCUT2D eigenvalue weighted by atomic mass is 32.2.